The van der Waals surface area contributed by atoms with Crippen LogP contribution in [0.25, 0.3) is 0 Å². The molecule has 0 saturated carbocycles. The summed E-state index contributed by atoms with van der Waals surface area (Å²) in [5.41, 5.74) is 0. The summed E-state index contributed by atoms with van der Waals surface area (Å²) < 4.78 is 0. The third-order valence-electron chi connectivity index (χ3n) is 0. The number of hydrogen-bond donors (Lipinski definition) is 0. The molecule has 0 aromatic rings. The molecule has 8 heteroatoms. The monoisotopic (exact) mass is 310 g/mol. The van der Waals surface area contributed by atoms with Crippen LogP contribution in [0.5, 0.6) is 0 Å². The Balaban J connectivity index is 0. The SMILES string of the molecule is [Mg+2].[OH-].[OH-].[OH-].[OH-].[OH-].[OH-].[W]. The van der Waals surface area contributed by atoms with Gasteiger partial charge in [0.15, 0.2) is 0 Å². The van der Waals surface area contributed by atoms with Crippen molar-refractivity contribution >= 4 is 23.1 Å². The van der Waals surface area contributed by atoms with Gasteiger partial charge in [-0.3, -0.25) is 0 Å². The van der Waals surface area contributed by atoms with E-state index in [1.165, 1.54) is 0 Å². The van der Waals surface area contributed by atoms with Gasteiger partial charge in [0.05, 0.1) is 0 Å². The van der Waals surface area contributed by atoms with Crippen LogP contribution in [0, 0.1) is 0 Å². The Morgan fingerprint density at radius 3 is 0.375 bits per heavy atom. The zero-order valence-electron chi connectivity index (χ0n) is 3.80. The van der Waals surface area contributed by atoms with Gasteiger partial charge in [-0.05, 0) is 0 Å². The first-order valence-corrected chi connectivity index (χ1v) is 0. The maximum absolute atomic E-state index is 0. The van der Waals surface area contributed by atoms with Crippen LogP contribution in [0.2, 0.25) is 0 Å². The van der Waals surface area contributed by atoms with E-state index in [0.717, 1.165) is 0 Å². The summed E-state index contributed by atoms with van der Waals surface area (Å²) in [6, 6.07) is 0. The smallest absolute Gasteiger partial charge is 0.870 e. The number of hydrogen-bond acceptors (Lipinski definition) is 6. The Hall–Kier alpha value is 1.21. The van der Waals surface area contributed by atoms with Gasteiger partial charge >= 0.3 is 23.1 Å². The Kier molecular flexibility index (Phi) is 15300. The van der Waals surface area contributed by atoms with Gasteiger partial charge < -0.3 is 32.9 Å². The first-order chi connectivity index (χ1) is 0. The number of rotatable bonds is 0. The zero-order valence-corrected chi connectivity index (χ0v) is 8.15. The minimum Gasteiger partial charge on any atom is -0.870 e. The average molecular weight is 310 g/mol. The van der Waals surface area contributed by atoms with Gasteiger partial charge in [0, 0.05) is 21.1 Å². The summed E-state index contributed by atoms with van der Waals surface area (Å²) in [6.45, 7) is 0. The third-order valence-corrected chi connectivity index (χ3v) is 0. The molecule has 0 heterocycles. The van der Waals surface area contributed by atoms with Crippen molar-refractivity contribution in [3.05, 3.63) is 0 Å². The van der Waals surface area contributed by atoms with E-state index in [9.17, 15) is 0 Å². The molecule has 0 fully saturated rings. The Morgan fingerprint density at radius 1 is 0.375 bits per heavy atom. The molecule has 0 saturated heterocycles. The molecule has 0 radical (unpaired) electrons. The van der Waals surface area contributed by atoms with Crippen molar-refractivity contribution in [2.45, 2.75) is 0 Å². The molecule has 0 amide bonds. The fraction of sp³-hybridized carbons (Fsp3) is 0. The van der Waals surface area contributed by atoms with Gasteiger partial charge in [-0.1, -0.05) is 0 Å². The Morgan fingerprint density at radius 2 is 0.375 bits per heavy atom. The van der Waals surface area contributed by atoms with Gasteiger partial charge in [0.1, 0.15) is 0 Å². The van der Waals surface area contributed by atoms with Crippen LogP contribution in [0.15, 0.2) is 0 Å². The molecule has 54 valence electrons. The quantitative estimate of drug-likeness (QED) is 0.493. The summed E-state index contributed by atoms with van der Waals surface area (Å²) in [4.78, 5) is 0. The molecule has 0 aromatic carbocycles. The Labute approximate surface area is 76.9 Å². The van der Waals surface area contributed by atoms with Crippen molar-refractivity contribution in [3.8, 4) is 0 Å². The van der Waals surface area contributed by atoms with Crippen LogP contribution >= 0.6 is 0 Å². The normalized spacial score (nSPS) is 0. The first kappa shape index (κ1) is 422. The minimum absolute atomic E-state index is 0. The fourth-order valence-electron chi connectivity index (χ4n) is 0. The summed E-state index contributed by atoms with van der Waals surface area (Å²) >= 11 is 0. The molecule has 8 heavy (non-hydrogen) atoms. The molecular weight excluding hydrogens is 304 g/mol. The van der Waals surface area contributed by atoms with Gasteiger partial charge in [-0.15, -0.1) is 0 Å². The molecule has 0 rings (SSSR count). The van der Waals surface area contributed by atoms with E-state index < -0.39 is 0 Å². The van der Waals surface area contributed by atoms with Crippen molar-refractivity contribution < 1.29 is 53.9 Å². The molecule has 0 spiro atoms. The van der Waals surface area contributed by atoms with Gasteiger partial charge in [0.2, 0.25) is 0 Å². The van der Waals surface area contributed by atoms with Gasteiger partial charge in [-0.25, -0.2) is 0 Å². The van der Waals surface area contributed by atoms with Crippen LogP contribution in [-0.2, 0) is 21.1 Å². The second-order valence-electron chi connectivity index (χ2n) is 0. The van der Waals surface area contributed by atoms with E-state index >= 15 is 0 Å². The molecule has 6 nitrogen and oxygen atoms in total. The molecule has 0 aliphatic carbocycles. The molecule has 6 N–H and O–H groups in total. The first-order valence-electron chi connectivity index (χ1n) is 0. The van der Waals surface area contributed by atoms with Crippen molar-refractivity contribution in [2.75, 3.05) is 0 Å². The van der Waals surface area contributed by atoms with E-state index in [0.29, 0.717) is 0 Å². The summed E-state index contributed by atoms with van der Waals surface area (Å²) in [5.74, 6) is 0. The largest absolute Gasteiger partial charge is 2.00 e. The van der Waals surface area contributed by atoms with Crippen LogP contribution in [0.4, 0.5) is 0 Å². The van der Waals surface area contributed by atoms with Crippen LogP contribution in [0.1, 0.15) is 0 Å². The zero-order chi connectivity index (χ0) is 0. The summed E-state index contributed by atoms with van der Waals surface area (Å²) in [6.07, 6.45) is 0. The predicted octanol–water partition coefficient (Wildman–Crippen LogP) is -1.44. The molecular formula is H6MgO6W-4. The average Bonchev–Trinajstić information content (AvgIpc) is 0. The maximum atomic E-state index is 0. The predicted molar refractivity (Wildman–Crippen MR) is 17.4 cm³/mol. The second kappa shape index (κ2) is 290. The summed E-state index contributed by atoms with van der Waals surface area (Å²) in [5, 5.41) is 0. The maximum Gasteiger partial charge on any atom is 2.00 e. The van der Waals surface area contributed by atoms with Crippen molar-refractivity contribution in [1.82, 2.24) is 0 Å². The van der Waals surface area contributed by atoms with E-state index in [-0.39, 0.29) is 77.0 Å². The third kappa shape index (κ3) is 189. The van der Waals surface area contributed by atoms with E-state index in [1.54, 1.807) is 0 Å². The van der Waals surface area contributed by atoms with Crippen LogP contribution in [0.3, 0.4) is 0 Å². The van der Waals surface area contributed by atoms with Crippen molar-refractivity contribution in [1.29, 1.82) is 0 Å². The molecule has 0 aromatic heterocycles. The fourth-order valence-corrected chi connectivity index (χ4v) is 0. The second-order valence-corrected chi connectivity index (χ2v) is 0. The summed E-state index contributed by atoms with van der Waals surface area (Å²) in [7, 11) is 0. The van der Waals surface area contributed by atoms with Crippen molar-refractivity contribution in [2.24, 2.45) is 0 Å². The topological polar surface area (TPSA) is 180 Å². The van der Waals surface area contributed by atoms with E-state index in [2.05, 4.69) is 0 Å². The van der Waals surface area contributed by atoms with Crippen LogP contribution in [-0.4, -0.2) is 55.9 Å². The standard InChI is InChI=1S/Mg.6H2O.W/h;6*1H2;/q+2;;;;;;;/p-6. The van der Waals surface area contributed by atoms with E-state index in [4.69, 9.17) is 0 Å². The van der Waals surface area contributed by atoms with Gasteiger partial charge in [0.25, 0.3) is 0 Å². The van der Waals surface area contributed by atoms with E-state index in [1.807, 2.05) is 0 Å². The Bertz CT molecular complexity index is 8.49. The minimum atomic E-state index is 0. The molecule has 0 bridgehead atoms. The molecule has 0 atom stereocenters. The molecule has 0 aliphatic heterocycles. The van der Waals surface area contributed by atoms with Gasteiger partial charge in [-0.2, -0.15) is 0 Å². The van der Waals surface area contributed by atoms with Crippen molar-refractivity contribution in [3.63, 3.8) is 0 Å². The molecule has 0 unspecified atom stereocenters. The van der Waals surface area contributed by atoms with Crippen LogP contribution < -0.4 is 0 Å². The molecule has 0 aliphatic rings.